The molecule has 3 aromatic rings. The molecule has 0 atom stereocenters. The Morgan fingerprint density at radius 3 is 2.41 bits per heavy atom. The number of hydrogen-bond acceptors (Lipinski definition) is 8. The second-order valence-electron chi connectivity index (χ2n) is 10.1. The Labute approximate surface area is 229 Å². The van der Waals surface area contributed by atoms with Crippen molar-refractivity contribution in [1.82, 2.24) is 14.1 Å². The Kier molecular flexibility index (Phi) is 7.57. The van der Waals surface area contributed by atoms with Crippen LogP contribution in [0.15, 0.2) is 58.4 Å². The average molecular weight is 579 g/mol. The first-order chi connectivity index (χ1) is 18.5. The standard InChI is InChI=1S/C26H28F2N4O5S2/c1-26(5-6-26)16-37-24-23(15-29-32(25(24)34)20-12-18(27)11-19(28)13-20)30-7-9-31(10-8-30)39(35,36)17-38-22-4-2-3-21(33)14-22/h2-4,11-15,33H,5-10,16-17H2,1H3. The molecule has 1 aliphatic heterocycles. The van der Waals surface area contributed by atoms with E-state index in [1.165, 1.54) is 22.6 Å². The van der Waals surface area contributed by atoms with E-state index in [9.17, 15) is 27.1 Å². The maximum atomic E-state index is 13.8. The SMILES string of the molecule is CC1(COc2c(N3CCN(S(=O)(=O)CSc4cccc(O)c4)CC3)cnn(-c3cc(F)cc(F)c3)c2=O)CC1. The fourth-order valence-corrected chi connectivity index (χ4v) is 7.07. The van der Waals surface area contributed by atoms with Crippen molar-refractivity contribution in [2.45, 2.75) is 24.7 Å². The molecule has 13 heteroatoms. The second kappa shape index (κ2) is 10.8. The number of piperazine rings is 1. The first-order valence-corrected chi connectivity index (χ1v) is 15.0. The lowest BCUT2D eigenvalue weighted by Crippen LogP contribution is -2.49. The van der Waals surface area contributed by atoms with Crippen LogP contribution in [-0.2, 0) is 10.0 Å². The summed E-state index contributed by atoms with van der Waals surface area (Å²) < 4.78 is 61.9. The second-order valence-corrected chi connectivity index (χ2v) is 13.4. The molecule has 39 heavy (non-hydrogen) atoms. The van der Waals surface area contributed by atoms with Gasteiger partial charge in [-0.05, 0) is 43.2 Å². The van der Waals surface area contributed by atoms with Crippen molar-refractivity contribution in [2.24, 2.45) is 5.41 Å². The van der Waals surface area contributed by atoms with E-state index in [0.717, 1.165) is 41.4 Å². The number of hydrogen-bond donors (Lipinski definition) is 1. The van der Waals surface area contributed by atoms with Crippen LogP contribution in [0, 0.1) is 17.0 Å². The van der Waals surface area contributed by atoms with E-state index in [0.29, 0.717) is 36.3 Å². The van der Waals surface area contributed by atoms with Gasteiger partial charge >= 0.3 is 5.56 Å². The van der Waals surface area contributed by atoms with Crippen LogP contribution in [0.5, 0.6) is 11.5 Å². The summed E-state index contributed by atoms with van der Waals surface area (Å²) in [5.41, 5.74) is -0.350. The summed E-state index contributed by atoms with van der Waals surface area (Å²) in [5.74, 6) is -1.60. The monoisotopic (exact) mass is 578 g/mol. The minimum atomic E-state index is -3.59. The lowest BCUT2D eigenvalue weighted by Gasteiger charge is -2.35. The van der Waals surface area contributed by atoms with Gasteiger partial charge in [-0.15, -0.1) is 11.8 Å². The van der Waals surface area contributed by atoms with Crippen LogP contribution < -0.4 is 15.2 Å². The molecule has 0 spiro atoms. The van der Waals surface area contributed by atoms with Gasteiger partial charge in [0, 0.05) is 42.6 Å². The topological polar surface area (TPSA) is 105 Å². The summed E-state index contributed by atoms with van der Waals surface area (Å²) in [4.78, 5) is 15.9. The van der Waals surface area contributed by atoms with Crippen molar-refractivity contribution in [1.29, 1.82) is 0 Å². The first kappa shape index (κ1) is 27.4. The van der Waals surface area contributed by atoms with E-state index in [4.69, 9.17) is 4.74 Å². The Hall–Kier alpha value is -3.16. The van der Waals surface area contributed by atoms with Gasteiger partial charge in [-0.25, -0.2) is 17.2 Å². The molecule has 2 aromatic carbocycles. The van der Waals surface area contributed by atoms with Gasteiger partial charge in [0.1, 0.15) is 28.2 Å². The predicted molar refractivity (Wildman–Crippen MR) is 144 cm³/mol. The quantitative estimate of drug-likeness (QED) is 0.384. The minimum Gasteiger partial charge on any atom is -0.508 e. The molecule has 0 amide bonds. The number of nitrogens with zero attached hydrogens (tertiary/aromatic N) is 4. The van der Waals surface area contributed by atoms with E-state index in [1.807, 2.05) is 11.8 Å². The fourth-order valence-electron chi connectivity index (χ4n) is 4.24. The average Bonchev–Trinajstić information content (AvgIpc) is 3.63. The number of anilines is 1. The third-order valence-corrected chi connectivity index (χ3v) is 10.2. The van der Waals surface area contributed by atoms with Crippen molar-refractivity contribution >= 4 is 27.5 Å². The normalized spacial score (nSPS) is 17.3. The minimum absolute atomic E-state index is 0.0125. The highest BCUT2D eigenvalue weighted by atomic mass is 32.3. The van der Waals surface area contributed by atoms with Gasteiger partial charge < -0.3 is 14.7 Å². The highest BCUT2D eigenvalue weighted by molar-refractivity contribution is 8.11. The third-order valence-electron chi connectivity index (χ3n) is 6.84. The third kappa shape index (κ3) is 6.36. The Morgan fingerprint density at radius 2 is 1.77 bits per heavy atom. The molecule has 0 bridgehead atoms. The van der Waals surface area contributed by atoms with Gasteiger partial charge in [0.15, 0.2) is 0 Å². The molecule has 2 fully saturated rings. The number of sulfonamides is 1. The van der Waals surface area contributed by atoms with Crippen LogP contribution in [0.4, 0.5) is 14.5 Å². The van der Waals surface area contributed by atoms with E-state index in [2.05, 4.69) is 5.10 Å². The van der Waals surface area contributed by atoms with Crippen LogP contribution in [0.1, 0.15) is 19.8 Å². The number of phenolic OH excluding ortho intramolecular Hbond substituents is 1. The van der Waals surface area contributed by atoms with E-state index < -0.39 is 27.2 Å². The van der Waals surface area contributed by atoms with Gasteiger partial charge in [-0.3, -0.25) is 4.79 Å². The summed E-state index contributed by atoms with van der Waals surface area (Å²) in [6, 6.07) is 9.15. The molecule has 1 N–H and O–H groups in total. The predicted octanol–water partition coefficient (Wildman–Crippen LogP) is 3.60. The molecule has 0 unspecified atom stereocenters. The molecule has 9 nitrogen and oxygen atoms in total. The number of halogens is 2. The van der Waals surface area contributed by atoms with Crippen LogP contribution in [0.25, 0.3) is 5.69 Å². The number of aromatic nitrogens is 2. The number of benzene rings is 2. The molecule has 0 radical (unpaired) electrons. The van der Waals surface area contributed by atoms with E-state index >= 15 is 0 Å². The van der Waals surface area contributed by atoms with Crippen molar-refractivity contribution in [3.05, 3.63) is 70.6 Å². The lowest BCUT2D eigenvalue weighted by molar-refractivity contribution is 0.242. The van der Waals surface area contributed by atoms with Gasteiger partial charge in [-0.2, -0.15) is 14.1 Å². The Balaban J connectivity index is 1.34. The van der Waals surface area contributed by atoms with Gasteiger partial charge in [0.2, 0.25) is 15.8 Å². The largest absolute Gasteiger partial charge is 0.508 e. The molecule has 1 aromatic heterocycles. The highest BCUT2D eigenvalue weighted by Crippen LogP contribution is 2.45. The van der Waals surface area contributed by atoms with Crippen molar-refractivity contribution in [2.75, 3.05) is 42.8 Å². The van der Waals surface area contributed by atoms with Crippen molar-refractivity contribution in [3.8, 4) is 17.2 Å². The van der Waals surface area contributed by atoms with E-state index in [1.54, 1.807) is 12.1 Å². The van der Waals surface area contributed by atoms with Gasteiger partial charge in [-0.1, -0.05) is 13.0 Å². The molecular formula is C26H28F2N4O5S2. The zero-order valence-electron chi connectivity index (χ0n) is 21.2. The number of aromatic hydroxyl groups is 1. The molecule has 2 heterocycles. The molecular weight excluding hydrogens is 550 g/mol. The van der Waals surface area contributed by atoms with Crippen molar-refractivity contribution in [3.63, 3.8) is 0 Å². The lowest BCUT2D eigenvalue weighted by atomic mass is 10.2. The Morgan fingerprint density at radius 1 is 1.08 bits per heavy atom. The zero-order valence-corrected chi connectivity index (χ0v) is 22.9. The molecule has 208 valence electrons. The summed E-state index contributed by atoms with van der Waals surface area (Å²) in [5, 5.41) is 13.6. The van der Waals surface area contributed by atoms with Gasteiger partial charge in [0.25, 0.3) is 0 Å². The maximum absolute atomic E-state index is 13.8. The molecule has 1 aliphatic carbocycles. The highest BCUT2D eigenvalue weighted by Gasteiger charge is 2.39. The van der Waals surface area contributed by atoms with Crippen LogP contribution in [-0.4, -0.2) is 65.5 Å². The number of ether oxygens (including phenoxy) is 1. The first-order valence-electron chi connectivity index (χ1n) is 12.4. The summed E-state index contributed by atoms with van der Waals surface area (Å²) in [6.07, 6.45) is 3.35. The van der Waals surface area contributed by atoms with Crippen molar-refractivity contribution < 1.29 is 27.0 Å². The van der Waals surface area contributed by atoms with Crippen LogP contribution in [0.3, 0.4) is 0 Å². The molecule has 2 aliphatic rings. The fraction of sp³-hybridized carbons (Fsp3) is 0.385. The van der Waals surface area contributed by atoms with Gasteiger partial charge in [0.05, 0.1) is 18.5 Å². The molecule has 1 saturated carbocycles. The molecule has 5 rings (SSSR count). The zero-order chi connectivity index (χ0) is 27.8. The summed E-state index contributed by atoms with van der Waals surface area (Å²) >= 11 is 1.12. The van der Waals surface area contributed by atoms with Crippen LogP contribution >= 0.6 is 11.8 Å². The number of thioether (sulfide) groups is 1. The summed E-state index contributed by atoms with van der Waals surface area (Å²) in [6.45, 7) is 3.33. The maximum Gasteiger partial charge on any atom is 0.316 e. The number of phenols is 1. The van der Waals surface area contributed by atoms with Crippen LogP contribution in [0.2, 0.25) is 0 Å². The summed E-state index contributed by atoms with van der Waals surface area (Å²) in [7, 11) is -3.59. The molecule has 1 saturated heterocycles. The Bertz CT molecular complexity index is 1520. The number of rotatable bonds is 9. The smallest absolute Gasteiger partial charge is 0.316 e. The van der Waals surface area contributed by atoms with E-state index in [-0.39, 0.29) is 40.8 Å².